The van der Waals surface area contributed by atoms with Crippen molar-refractivity contribution in [3.8, 4) is 0 Å². The summed E-state index contributed by atoms with van der Waals surface area (Å²) in [6.07, 6.45) is -16.3. The van der Waals surface area contributed by atoms with Crippen molar-refractivity contribution in [1.82, 2.24) is 0 Å². The minimum Gasteiger partial charge on any atom is -0.166 e. The average Bonchev–Trinajstić information content (AvgIpc) is 2.07. The lowest BCUT2D eigenvalue weighted by molar-refractivity contribution is -0.151. The van der Waals surface area contributed by atoms with Gasteiger partial charge in [0.25, 0.3) is 0 Å². The molecule has 0 nitrogen and oxygen atoms in total. The molecular weight excluding hydrogens is 519 g/mol. The minimum atomic E-state index is -5.43. The molecule has 1 aromatic rings. The second-order valence-electron chi connectivity index (χ2n) is 3.56. The fraction of sp³-hybridized carbons (Fsp3) is 0.333. The first-order valence-corrected chi connectivity index (χ1v) is 6.90. The van der Waals surface area contributed by atoms with E-state index in [1.165, 1.54) is 0 Å². The van der Waals surface area contributed by atoms with Crippen LogP contribution < -0.4 is 0 Å². The molecule has 0 aromatic heterocycles. The number of rotatable bonds is 0. The van der Waals surface area contributed by atoms with Crippen LogP contribution >= 0.6 is 47.8 Å². The van der Waals surface area contributed by atoms with E-state index in [1.807, 2.05) is 0 Å². The molecule has 0 saturated carbocycles. The molecule has 1 aromatic carbocycles. The van der Waals surface area contributed by atoms with Gasteiger partial charge in [0.1, 0.15) is 0 Å². The van der Waals surface area contributed by atoms with E-state index in [1.54, 1.807) is 0 Å². The monoisotopic (exact) mass is 516 g/mol. The topological polar surface area (TPSA) is 0 Å². The molecule has 0 radical (unpaired) electrons. The predicted molar refractivity (Wildman–Crippen MR) is 64.5 cm³/mol. The first-order chi connectivity index (χ1) is 9.10. The van der Waals surface area contributed by atoms with Crippen LogP contribution in [-0.2, 0) is 18.5 Å². The van der Waals surface area contributed by atoms with Crippen molar-refractivity contribution in [1.29, 1.82) is 0 Å². The summed E-state index contributed by atoms with van der Waals surface area (Å²) >= 11 is 6.26. The lowest BCUT2D eigenvalue weighted by Crippen LogP contribution is -2.20. The Morgan fingerprint density at radius 3 is 0.667 bits per heavy atom. The molecule has 0 saturated heterocycles. The Morgan fingerprint density at radius 1 is 0.429 bits per heavy atom. The number of alkyl halides is 9. The molecule has 0 spiro atoms. The normalized spacial score (nSPS) is 13.7. The van der Waals surface area contributed by atoms with Crippen molar-refractivity contribution in [2.75, 3.05) is 0 Å². The zero-order chi connectivity index (χ0) is 17.0. The zero-order valence-electron chi connectivity index (χ0n) is 9.04. The third-order valence-corrected chi connectivity index (χ3v) is 4.55. The van der Waals surface area contributed by atoms with Crippen LogP contribution in [0, 0.1) is 0 Å². The van der Waals surface area contributed by atoms with Crippen molar-refractivity contribution in [3.05, 3.63) is 30.1 Å². The van der Waals surface area contributed by atoms with Crippen LogP contribution in [0.3, 0.4) is 0 Å². The molecule has 0 aliphatic heterocycles. The van der Waals surface area contributed by atoms with Gasteiger partial charge in [0, 0.05) is 13.4 Å². The lowest BCUT2D eigenvalue weighted by atomic mass is 10.0. The van der Waals surface area contributed by atoms with Gasteiger partial charge in [-0.1, -0.05) is 0 Å². The summed E-state index contributed by atoms with van der Waals surface area (Å²) in [6.45, 7) is 0. The highest BCUT2D eigenvalue weighted by atomic mass is 79.9. The number of hydrogen-bond donors (Lipinski definition) is 0. The van der Waals surface area contributed by atoms with Gasteiger partial charge in [0.05, 0.1) is 16.7 Å². The molecule has 0 fully saturated rings. The van der Waals surface area contributed by atoms with Gasteiger partial charge in [0.15, 0.2) is 0 Å². The van der Waals surface area contributed by atoms with E-state index in [-0.39, 0.29) is 0 Å². The third kappa shape index (κ3) is 3.69. The van der Waals surface area contributed by atoms with Gasteiger partial charge in [-0.25, -0.2) is 0 Å². The molecule has 12 heteroatoms. The third-order valence-electron chi connectivity index (χ3n) is 2.17. The summed E-state index contributed by atoms with van der Waals surface area (Å²) in [5.74, 6) is 0. The molecule has 1 rings (SSSR count). The van der Waals surface area contributed by atoms with E-state index in [9.17, 15) is 39.5 Å². The summed E-state index contributed by atoms with van der Waals surface area (Å²) in [7, 11) is 0. The first-order valence-electron chi connectivity index (χ1n) is 4.52. The highest BCUT2D eigenvalue weighted by Crippen LogP contribution is 2.54. The first kappa shape index (κ1) is 19.1. The summed E-state index contributed by atoms with van der Waals surface area (Å²) < 4.78 is 110. The number of halogens is 12. The molecule has 0 N–H and O–H groups in total. The van der Waals surface area contributed by atoms with E-state index < -0.39 is 48.6 Å². The van der Waals surface area contributed by atoms with Gasteiger partial charge in [0.2, 0.25) is 0 Å². The molecule has 21 heavy (non-hydrogen) atoms. The van der Waals surface area contributed by atoms with Crippen LogP contribution in [0.25, 0.3) is 0 Å². The molecule has 0 aliphatic rings. The SMILES string of the molecule is FC(F)(F)c1c(Br)c(C(F)(F)F)c(Br)c(C(F)(F)F)c1Br. The van der Waals surface area contributed by atoms with Gasteiger partial charge in [-0.2, -0.15) is 39.5 Å². The van der Waals surface area contributed by atoms with Crippen molar-refractivity contribution >= 4 is 47.8 Å². The summed E-state index contributed by atoms with van der Waals surface area (Å²) in [6, 6.07) is 0. The van der Waals surface area contributed by atoms with Gasteiger partial charge in [-0.05, 0) is 47.8 Å². The zero-order valence-corrected chi connectivity index (χ0v) is 13.8. The molecule has 0 heterocycles. The Morgan fingerprint density at radius 2 is 0.571 bits per heavy atom. The molecule has 0 bridgehead atoms. The Bertz CT molecular complexity index is 466. The predicted octanol–water partition coefficient (Wildman–Crippen LogP) is 7.03. The van der Waals surface area contributed by atoms with Crippen LogP contribution in [0.2, 0.25) is 0 Å². The maximum absolute atomic E-state index is 12.8. The van der Waals surface area contributed by atoms with Crippen LogP contribution in [0.4, 0.5) is 39.5 Å². The number of benzene rings is 1. The molecule has 0 aliphatic carbocycles. The standard InChI is InChI=1S/C9Br3F9/c10-4-1(7(13,14)15)5(11)3(9(19,20)21)6(12)2(4)8(16,17)18. The van der Waals surface area contributed by atoms with E-state index >= 15 is 0 Å². The summed E-state index contributed by atoms with van der Waals surface area (Å²) in [5, 5.41) is 0. The van der Waals surface area contributed by atoms with Gasteiger partial charge in [-0.3, -0.25) is 0 Å². The van der Waals surface area contributed by atoms with Gasteiger partial charge < -0.3 is 0 Å². The van der Waals surface area contributed by atoms with Gasteiger partial charge in [-0.15, -0.1) is 0 Å². The minimum absolute atomic E-state index is 1.53. The Balaban J connectivity index is 4.04. The number of hydrogen-bond acceptors (Lipinski definition) is 0. The molecule has 0 atom stereocenters. The fourth-order valence-corrected chi connectivity index (χ4v) is 4.75. The maximum atomic E-state index is 12.8. The Kier molecular flexibility index (Phi) is 5.08. The van der Waals surface area contributed by atoms with Crippen LogP contribution in [0.1, 0.15) is 16.7 Å². The Hall–Kier alpha value is 0.0300. The van der Waals surface area contributed by atoms with Crippen LogP contribution in [-0.4, -0.2) is 0 Å². The van der Waals surface area contributed by atoms with E-state index in [0.717, 1.165) is 0 Å². The molecule has 120 valence electrons. The van der Waals surface area contributed by atoms with Crippen LogP contribution in [0.5, 0.6) is 0 Å². The van der Waals surface area contributed by atoms with E-state index in [4.69, 9.17) is 0 Å². The van der Waals surface area contributed by atoms with Crippen molar-refractivity contribution in [3.63, 3.8) is 0 Å². The molecule has 0 amide bonds. The second kappa shape index (κ2) is 5.59. The average molecular weight is 519 g/mol. The highest BCUT2D eigenvalue weighted by molar-refractivity contribution is 9.11. The maximum Gasteiger partial charge on any atom is 0.418 e. The molecular formula is C9Br3F9. The van der Waals surface area contributed by atoms with Crippen molar-refractivity contribution in [2.24, 2.45) is 0 Å². The van der Waals surface area contributed by atoms with Gasteiger partial charge >= 0.3 is 18.5 Å². The molecule has 0 unspecified atom stereocenters. The summed E-state index contributed by atoms with van der Waals surface area (Å²) in [5.41, 5.74) is -6.28. The van der Waals surface area contributed by atoms with Crippen LogP contribution in [0.15, 0.2) is 13.4 Å². The van der Waals surface area contributed by atoms with Crippen molar-refractivity contribution in [2.45, 2.75) is 18.5 Å². The largest absolute Gasteiger partial charge is 0.418 e. The van der Waals surface area contributed by atoms with E-state index in [0.29, 0.717) is 0 Å². The fourth-order valence-electron chi connectivity index (χ4n) is 1.41. The highest BCUT2D eigenvalue weighted by Gasteiger charge is 2.49. The summed E-state index contributed by atoms with van der Waals surface area (Å²) in [4.78, 5) is 0. The smallest absolute Gasteiger partial charge is 0.166 e. The van der Waals surface area contributed by atoms with E-state index in [2.05, 4.69) is 47.8 Å². The second-order valence-corrected chi connectivity index (χ2v) is 5.94. The quantitative estimate of drug-likeness (QED) is 0.324. The lowest BCUT2D eigenvalue weighted by Gasteiger charge is -2.22. The Labute approximate surface area is 136 Å². The van der Waals surface area contributed by atoms with Crippen molar-refractivity contribution < 1.29 is 39.5 Å².